The van der Waals surface area contributed by atoms with Gasteiger partial charge in [-0.15, -0.1) is 0 Å². The second kappa shape index (κ2) is 7.39. The number of hydrogen-bond acceptors (Lipinski definition) is 1. The summed E-state index contributed by atoms with van der Waals surface area (Å²) in [6.45, 7) is 5.73. The number of rotatable bonds is 5. The summed E-state index contributed by atoms with van der Waals surface area (Å²) < 4.78 is 0. The Hall–Kier alpha value is -1.89. The van der Waals surface area contributed by atoms with Gasteiger partial charge in [0.25, 0.3) is 0 Å². The first-order valence-corrected chi connectivity index (χ1v) is 5.75. The maximum absolute atomic E-state index is 3.99. The topological polar surface area (TPSA) is 12.4 Å². The molecule has 1 heteroatoms. The highest BCUT2D eigenvalue weighted by molar-refractivity contribution is 5.79. The van der Waals surface area contributed by atoms with Gasteiger partial charge in [0, 0.05) is 13.3 Å². The SMILES string of the molecule is C=C/C=C\C(=C/C)Cc1ccc(C=NC)cc1. The minimum Gasteiger partial charge on any atom is -0.296 e. The van der Waals surface area contributed by atoms with Crippen LogP contribution in [0.4, 0.5) is 0 Å². The van der Waals surface area contributed by atoms with Gasteiger partial charge in [-0.3, -0.25) is 4.99 Å². The van der Waals surface area contributed by atoms with E-state index in [9.17, 15) is 0 Å². The molecule has 0 aliphatic heterocycles. The van der Waals surface area contributed by atoms with Crippen LogP contribution in [0.2, 0.25) is 0 Å². The standard InChI is InChI=1S/C16H19N/c1-4-6-7-14(5-2)12-15-8-10-16(11-9-15)13-17-3/h4-11,13H,1,12H2,2-3H3/b7-6-,14-5+,17-13?. The van der Waals surface area contributed by atoms with E-state index in [1.807, 2.05) is 12.3 Å². The Labute approximate surface area is 104 Å². The molecule has 1 aromatic carbocycles. The van der Waals surface area contributed by atoms with Crippen LogP contribution in [-0.4, -0.2) is 13.3 Å². The molecule has 0 bridgehead atoms. The molecule has 0 aromatic heterocycles. The maximum atomic E-state index is 3.99. The van der Waals surface area contributed by atoms with Gasteiger partial charge in [-0.25, -0.2) is 0 Å². The summed E-state index contributed by atoms with van der Waals surface area (Å²) in [7, 11) is 1.78. The van der Waals surface area contributed by atoms with E-state index in [1.165, 1.54) is 11.1 Å². The van der Waals surface area contributed by atoms with Crippen molar-refractivity contribution in [2.45, 2.75) is 13.3 Å². The van der Waals surface area contributed by atoms with Crippen molar-refractivity contribution in [1.82, 2.24) is 0 Å². The molecule has 0 aliphatic rings. The smallest absolute Gasteiger partial charge is 0.0281 e. The van der Waals surface area contributed by atoms with Crippen molar-refractivity contribution >= 4 is 6.21 Å². The third-order valence-electron chi connectivity index (χ3n) is 2.48. The molecule has 1 rings (SSSR count). The van der Waals surface area contributed by atoms with Gasteiger partial charge in [-0.05, 0) is 30.0 Å². The first-order chi connectivity index (χ1) is 8.30. The second-order valence-electron chi connectivity index (χ2n) is 3.76. The van der Waals surface area contributed by atoms with Crippen molar-refractivity contribution in [3.8, 4) is 0 Å². The maximum Gasteiger partial charge on any atom is 0.0281 e. The molecule has 0 atom stereocenters. The molecule has 1 aromatic rings. The zero-order valence-corrected chi connectivity index (χ0v) is 10.6. The van der Waals surface area contributed by atoms with E-state index in [4.69, 9.17) is 0 Å². The molecule has 0 fully saturated rings. The van der Waals surface area contributed by atoms with E-state index in [1.54, 1.807) is 13.1 Å². The molecule has 0 aliphatic carbocycles. The number of benzene rings is 1. The summed E-state index contributed by atoms with van der Waals surface area (Å²) in [5.74, 6) is 0. The Morgan fingerprint density at radius 3 is 2.53 bits per heavy atom. The Balaban J connectivity index is 2.74. The van der Waals surface area contributed by atoms with Crippen molar-refractivity contribution < 1.29 is 0 Å². The van der Waals surface area contributed by atoms with E-state index < -0.39 is 0 Å². The van der Waals surface area contributed by atoms with E-state index in [-0.39, 0.29) is 0 Å². The average Bonchev–Trinajstić information content (AvgIpc) is 2.37. The fraction of sp³-hybridized carbons (Fsp3) is 0.188. The third-order valence-corrected chi connectivity index (χ3v) is 2.48. The van der Waals surface area contributed by atoms with Crippen molar-refractivity contribution in [3.05, 3.63) is 71.8 Å². The quantitative estimate of drug-likeness (QED) is 0.531. The van der Waals surface area contributed by atoms with Crippen molar-refractivity contribution in [1.29, 1.82) is 0 Å². The lowest BCUT2D eigenvalue weighted by atomic mass is 10.0. The molecule has 17 heavy (non-hydrogen) atoms. The molecule has 0 saturated carbocycles. The minimum absolute atomic E-state index is 0.949. The van der Waals surface area contributed by atoms with E-state index in [0.717, 1.165) is 12.0 Å². The zero-order chi connectivity index (χ0) is 12.5. The van der Waals surface area contributed by atoms with Gasteiger partial charge in [0.1, 0.15) is 0 Å². The summed E-state index contributed by atoms with van der Waals surface area (Å²) in [6.07, 6.45) is 10.8. The van der Waals surface area contributed by atoms with Gasteiger partial charge in [0.05, 0.1) is 0 Å². The average molecular weight is 225 g/mol. The lowest BCUT2D eigenvalue weighted by Gasteiger charge is -2.02. The molecule has 0 spiro atoms. The molecule has 1 nitrogen and oxygen atoms in total. The van der Waals surface area contributed by atoms with Crippen molar-refractivity contribution in [2.75, 3.05) is 7.05 Å². The van der Waals surface area contributed by atoms with Gasteiger partial charge in [-0.1, -0.05) is 55.1 Å². The molecule has 0 N–H and O–H groups in total. The largest absolute Gasteiger partial charge is 0.296 e. The highest BCUT2D eigenvalue weighted by atomic mass is 14.6. The highest BCUT2D eigenvalue weighted by Gasteiger charge is 1.95. The summed E-state index contributed by atoms with van der Waals surface area (Å²) >= 11 is 0. The lowest BCUT2D eigenvalue weighted by Crippen LogP contribution is -1.89. The first kappa shape index (κ1) is 13.2. The van der Waals surface area contributed by atoms with E-state index >= 15 is 0 Å². The summed E-state index contributed by atoms with van der Waals surface area (Å²) in [5.41, 5.74) is 3.74. The summed E-state index contributed by atoms with van der Waals surface area (Å²) in [6, 6.07) is 8.46. The summed E-state index contributed by atoms with van der Waals surface area (Å²) in [5, 5.41) is 0. The molecule has 0 radical (unpaired) electrons. The van der Waals surface area contributed by atoms with Crippen LogP contribution in [0.15, 0.2) is 65.7 Å². The molecule has 0 unspecified atom stereocenters. The van der Waals surface area contributed by atoms with Gasteiger partial charge >= 0.3 is 0 Å². The third kappa shape index (κ3) is 4.64. The van der Waals surface area contributed by atoms with Crippen LogP contribution in [0.25, 0.3) is 0 Å². The lowest BCUT2D eigenvalue weighted by molar-refractivity contribution is 1.19. The van der Waals surface area contributed by atoms with Gasteiger partial charge in [-0.2, -0.15) is 0 Å². The van der Waals surface area contributed by atoms with Crippen LogP contribution in [0.5, 0.6) is 0 Å². The Bertz CT molecular complexity index is 433. The Morgan fingerprint density at radius 1 is 1.29 bits per heavy atom. The molecular formula is C16H19N. The molecule has 0 amide bonds. The van der Waals surface area contributed by atoms with E-state index in [2.05, 4.69) is 54.9 Å². The predicted molar refractivity (Wildman–Crippen MR) is 76.8 cm³/mol. The monoisotopic (exact) mass is 225 g/mol. The number of allylic oxidation sites excluding steroid dienone is 5. The Morgan fingerprint density at radius 2 is 2.00 bits per heavy atom. The van der Waals surface area contributed by atoms with Crippen molar-refractivity contribution in [2.24, 2.45) is 4.99 Å². The number of aliphatic imine (C=N–C) groups is 1. The Kier molecular flexibility index (Phi) is 5.73. The second-order valence-corrected chi connectivity index (χ2v) is 3.76. The molecular weight excluding hydrogens is 206 g/mol. The van der Waals surface area contributed by atoms with Gasteiger partial charge in [0.15, 0.2) is 0 Å². The molecule has 88 valence electrons. The van der Waals surface area contributed by atoms with Crippen LogP contribution < -0.4 is 0 Å². The fourth-order valence-electron chi connectivity index (χ4n) is 1.56. The van der Waals surface area contributed by atoms with Crippen molar-refractivity contribution in [3.63, 3.8) is 0 Å². The van der Waals surface area contributed by atoms with Crippen LogP contribution in [0.3, 0.4) is 0 Å². The van der Waals surface area contributed by atoms with Crippen LogP contribution in [-0.2, 0) is 6.42 Å². The van der Waals surface area contributed by atoms with Crippen LogP contribution in [0, 0.1) is 0 Å². The number of nitrogens with zero attached hydrogens (tertiary/aromatic N) is 1. The van der Waals surface area contributed by atoms with E-state index in [0.29, 0.717) is 0 Å². The number of hydrogen-bond donors (Lipinski definition) is 0. The normalized spacial score (nSPS) is 12.5. The van der Waals surface area contributed by atoms with Gasteiger partial charge in [0.2, 0.25) is 0 Å². The molecule has 0 saturated heterocycles. The van der Waals surface area contributed by atoms with Crippen LogP contribution in [0.1, 0.15) is 18.1 Å². The highest BCUT2D eigenvalue weighted by Crippen LogP contribution is 2.10. The zero-order valence-electron chi connectivity index (χ0n) is 10.6. The molecule has 0 heterocycles. The predicted octanol–water partition coefficient (Wildman–Crippen LogP) is 3.97. The summed E-state index contributed by atoms with van der Waals surface area (Å²) in [4.78, 5) is 3.99. The van der Waals surface area contributed by atoms with Crippen LogP contribution >= 0.6 is 0 Å². The fourth-order valence-corrected chi connectivity index (χ4v) is 1.56. The first-order valence-electron chi connectivity index (χ1n) is 5.75. The van der Waals surface area contributed by atoms with Gasteiger partial charge < -0.3 is 0 Å². The minimum atomic E-state index is 0.949.